The Morgan fingerprint density at radius 2 is 2.12 bits per heavy atom. The van der Waals surface area contributed by atoms with E-state index in [0.29, 0.717) is 13.2 Å². The maximum absolute atomic E-state index is 11.9. The van der Waals surface area contributed by atoms with Gasteiger partial charge in [0.05, 0.1) is 12.3 Å². The second kappa shape index (κ2) is 5.13. The highest BCUT2D eigenvalue weighted by Gasteiger charge is 2.36. The Hall–Kier alpha value is -1.64. The summed E-state index contributed by atoms with van der Waals surface area (Å²) in [4.78, 5) is 16.4. The van der Waals surface area contributed by atoms with Crippen molar-refractivity contribution in [2.75, 3.05) is 13.2 Å². The van der Waals surface area contributed by atoms with Gasteiger partial charge in [0.15, 0.2) is 0 Å². The van der Waals surface area contributed by atoms with Crippen molar-refractivity contribution in [3.05, 3.63) is 35.9 Å². The largest absolute Gasteiger partial charge is 0.465 e. The molecule has 0 N–H and O–H groups in total. The molecule has 0 unspecified atom stereocenters. The Morgan fingerprint density at radius 1 is 1.41 bits per heavy atom. The molecule has 3 heteroatoms. The summed E-state index contributed by atoms with van der Waals surface area (Å²) in [7, 11) is 0. The number of benzene rings is 1. The van der Waals surface area contributed by atoms with Crippen LogP contribution in [0.3, 0.4) is 0 Å². The number of esters is 1. The number of ether oxygens (including phenoxy) is 1. The third-order valence-electron chi connectivity index (χ3n) is 3.02. The number of hydrogen-bond donors (Lipinski definition) is 0. The summed E-state index contributed by atoms with van der Waals surface area (Å²) < 4.78 is 5.13. The van der Waals surface area contributed by atoms with E-state index in [1.807, 2.05) is 44.2 Å². The van der Waals surface area contributed by atoms with Gasteiger partial charge in [-0.15, -0.1) is 0 Å². The predicted molar refractivity (Wildman–Crippen MR) is 67.1 cm³/mol. The van der Waals surface area contributed by atoms with E-state index >= 15 is 0 Å². The van der Waals surface area contributed by atoms with Gasteiger partial charge in [-0.3, -0.25) is 9.79 Å². The lowest BCUT2D eigenvalue weighted by atomic mass is 9.89. The standard InChI is InChI=1S/C14H17NO2/c1-3-17-14(16)12-10(2)9-15-13(12)11-7-5-4-6-8-11/h4-8,10,12H,3,9H2,1-2H3/t10-,12+/m1/s1. The Kier molecular flexibility index (Phi) is 3.57. The van der Waals surface area contributed by atoms with Gasteiger partial charge >= 0.3 is 5.97 Å². The molecular formula is C14H17NO2. The molecule has 1 aromatic carbocycles. The first-order chi connectivity index (χ1) is 8.24. The van der Waals surface area contributed by atoms with Crippen molar-refractivity contribution in [3.63, 3.8) is 0 Å². The highest BCUT2D eigenvalue weighted by atomic mass is 16.5. The molecule has 0 amide bonds. The molecule has 0 fully saturated rings. The molecule has 0 bridgehead atoms. The van der Waals surface area contributed by atoms with Crippen LogP contribution in [0.5, 0.6) is 0 Å². The number of hydrogen-bond acceptors (Lipinski definition) is 3. The Labute approximate surface area is 102 Å². The minimum Gasteiger partial charge on any atom is -0.465 e. The third kappa shape index (κ3) is 2.38. The average molecular weight is 231 g/mol. The van der Waals surface area contributed by atoms with Crippen molar-refractivity contribution >= 4 is 11.7 Å². The molecule has 1 aliphatic rings. The molecule has 0 spiro atoms. The molecule has 17 heavy (non-hydrogen) atoms. The minimum absolute atomic E-state index is 0.153. The molecular weight excluding hydrogens is 214 g/mol. The summed E-state index contributed by atoms with van der Waals surface area (Å²) >= 11 is 0. The van der Waals surface area contributed by atoms with Crippen LogP contribution in [0.2, 0.25) is 0 Å². The summed E-state index contributed by atoms with van der Waals surface area (Å²) in [5, 5.41) is 0. The fraction of sp³-hybridized carbons (Fsp3) is 0.429. The molecule has 0 aliphatic carbocycles. The molecule has 0 aromatic heterocycles. The van der Waals surface area contributed by atoms with E-state index in [4.69, 9.17) is 4.74 Å². The summed E-state index contributed by atoms with van der Waals surface area (Å²) in [6.45, 7) is 5.00. The van der Waals surface area contributed by atoms with Crippen LogP contribution in [0.15, 0.2) is 35.3 Å². The van der Waals surface area contributed by atoms with Crippen LogP contribution < -0.4 is 0 Å². The van der Waals surface area contributed by atoms with Gasteiger partial charge in [0.2, 0.25) is 0 Å². The SMILES string of the molecule is CCOC(=O)[C@@H]1C(c2ccccc2)=NC[C@H]1C. The van der Waals surface area contributed by atoms with Crippen molar-refractivity contribution in [1.29, 1.82) is 0 Å². The molecule has 1 aliphatic heterocycles. The van der Waals surface area contributed by atoms with Gasteiger partial charge < -0.3 is 4.74 Å². The van der Waals surface area contributed by atoms with Crippen LogP contribution in [-0.4, -0.2) is 24.8 Å². The van der Waals surface area contributed by atoms with Crippen LogP contribution >= 0.6 is 0 Å². The van der Waals surface area contributed by atoms with E-state index in [0.717, 1.165) is 11.3 Å². The van der Waals surface area contributed by atoms with Crippen LogP contribution in [-0.2, 0) is 9.53 Å². The lowest BCUT2D eigenvalue weighted by Crippen LogP contribution is -2.29. The molecule has 1 aromatic rings. The van der Waals surface area contributed by atoms with Crippen molar-refractivity contribution in [3.8, 4) is 0 Å². The molecule has 3 nitrogen and oxygen atoms in total. The fourth-order valence-corrected chi connectivity index (χ4v) is 2.17. The second-order valence-corrected chi connectivity index (χ2v) is 4.30. The monoisotopic (exact) mass is 231 g/mol. The van der Waals surface area contributed by atoms with Crippen molar-refractivity contribution in [2.45, 2.75) is 13.8 Å². The molecule has 90 valence electrons. The number of carbonyl (C=O) groups excluding carboxylic acids is 1. The van der Waals surface area contributed by atoms with Gasteiger partial charge in [0, 0.05) is 6.54 Å². The van der Waals surface area contributed by atoms with Gasteiger partial charge in [0.25, 0.3) is 0 Å². The number of nitrogens with zero attached hydrogens (tertiary/aromatic N) is 1. The highest BCUT2D eigenvalue weighted by Crippen LogP contribution is 2.26. The molecule has 0 saturated heterocycles. The average Bonchev–Trinajstić information content (AvgIpc) is 2.73. The zero-order chi connectivity index (χ0) is 12.3. The third-order valence-corrected chi connectivity index (χ3v) is 3.02. The zero-order valence-corrected chi connectivity index (χ0v) is 10.2. The van der Waals surface area contributed by atoms with Gasteiger partial charge in [-0.05, 0) is 18.4 Å². The van der Waals surface area contributed by atoms with Crippen LogP contribution in [0.1, 0.15) is 19.4 Å². The smallest absolute Gasteiger partial charge is 0.315 e. The molecule has 0 saturated carbocycles. The Morgan fingerprint density at radius 3 is 2.76 bits per heavy atom. The summed E-state index contributed by atoms with van der Waals surface area (Å²) in [5.41, 5.74) is 1.89. The fourth-order valence-electron chi connectivity index (χ4n) is 2.17. The van der Waals surface area contributed by atoms with E-state index in [1.165, 1.54) is 0 Å². The molecule has 2 rings (SSSR count). The number of carbonyl (C=O) groups is 1. The van der Waals surface area contributed by atoms with E-state index in [-0.39, 0.29) is 17.8 Å². The molecule has 2 atom stereocenters. The van der Waals surface area contributed by atoms with Crippen molar-refractivity contribution in [1.82, 2.24) is 0 Å². The van der Waals surface area contributed by atoms with Crippen LogP contribution in [0.25, 0.3) is 0 Å². The van der Waals surface area contributed by atoms with Gasteiger partial charge in [-0.2, -0.15) is 0 Å². The summed E-state index contributed by atoms with van der Waals surface area (Å²) in [5.74, 6) is -0.137. The van der Waals surface area contributed by atoms with Crippen molar-refractivity contribution < 1.29 is 9.53 Å². The first-order valence-electron chi connectivity index (χ1n) is 6.00. The maximum atomic E-state index is 11.9. The second-order valence-electron chi connectivity index (χ2n) is 4.30. The number of aliphatic imine (C=N–C) groups is 1. The lowest BCUT2D eigenvalue weighted by molar-refractivity contribution is -0.146. The minimum atomic E-state index is -0.211. The lowest BCUT2D eigenvalue weighted by Gasteiger charge is -2.16. The summed E-state index contributed by atoms with van der Waals surface area (Å²) in [6, 6.07) is 9.86. The Bertz CT molecular complexity index is 425. The van der Waals surface area contributed by atoms with Gasteiger partial charge in [0.1, 0.15) is 5.92 Å². The van der Waals surface area contributed by atoms with E-state index < -0.39 is 0 Å². The van der Waals surface area contributed by atoms with E-state index in [9.17, 15) is 4.79 Å². The highest BCUT2D eigenvalue weighted by molar-refractivity contribution is 6.13. The zero-order valence-electron chi connectivity index (χ0n) is 10.2. The predicted octanol–water partition coefficient (Wildman–Crippen LogP) is 2.30. The molecule has 1 heterocycles. The number of rotatable bonds is 3. The first-order valence-corrected chi connectivity index (χ1v) is 6.00. The Balaban J connectivity index is 2.25. The van der Waals surface area contributed by atoms with E-state index in [2.05, 4.69) is 4.99 Å². The maximum Gasteiger partial charge on any atom is 0.315 e. The summed E-state index contributed by atoms with van der Waals surface area (Å²) in [6.07, 6.45) is 0. The quantitative estimate of drug-likeness (QED) is 0.749. The van der Waals surface area contributed by atoms with Gasteiger partial charge in [-0.25, -0.2) is 0 Å². The van der Waals surface area contributed by atoms with Crippen LogP contribution in [0.4, 0.5) is 0 Å². The molecule has 0 radical (unpaired) electrons. The normalized spacial score (nSPS) is 23.3. The topological polar surface area (TPSA) is 38.7 Å². The van der Waals surface area contributed by atoms with E-state index in [1.54, 1.807) is 0 Å². The van der Waals surface area contributed by atoms with Crippen molar-refractivity contribution in [2.24, 2.45) is 16.8 Å². The first kappa shape index (κ1) is 11.8. The van der Waals surface area contributed by atoms with Crippen LogP contribution in [0, 0.1) is 11.8 Å². The van der Waals surface area contributed by atoms with Gasteiger partial charge in [-0.1, -0.05) is 37.3 Å².